The highest BCUT2D eigenvalue weighted by Gasteiger charge is 2.24. The van der Waals surface area contributed by atoms with Crippen molar-refractivity contribution in [2.45, 2.75) is 51.9 Å². The van der Waals surface area contributed by atoms with Crippen molar-refractivity contribution in [3.8, 4) is 5.75 Å². The molecule has 0 radical (unpaired) electrons. The maximum Gasteiger partial charge on any atom is 0.255 e. The van der Waals surface area contributed by atoms with E-state index < -0.39 is 15.9 Å². The minimum absolute atomic E-state index is 0.210. The lowest BCUT2D eigenvalue weighted by molar-refractivity contribution is 0.102. The summed E-state index contributed by atoms with van der Waals surface area (Å²) in [7, 11) is -0.451. The molecule has 1 aliphatic rings. The lowest BCUT2D eigenvalue weighted by Crippen LogP contribution is -2.35. The van der Waals surface area contributed by atoms with Crippen molar-refractivity contribution in [1.82, 2.24) is 19.9 Å². The molecule has 2 aromatic carbocycles. The number of nitrogens with zero attached hydrogens (tertiary/aromatic N) is 4. The van der Waals surface area contributed by atoms with Gasteiger partial charge >= 0.3 is 0 Å². The second-order valence-electron chi connectivity index (χ2n) is 13.3. The van der Waals surface area contributed by atoms with E-state index in [2.05, 4.69) is 36.3 Å². The molecular weight excluding hydrogens is 630 g/mol. The number of nitrogens with one attached hydrogen (secondary N) is 3. The number of fused-ring (bicyclic) bond motifs is 1. The van der Waals surface area contributed by atoms with Gasteiger partial charge in [-0.2, -0.15) is 0 Å². The molecule has 0 saturated carbocycles. The third-order valence-corrected chi connectivity index (χ3v) is 9.17. The number of likely N-dealkylation sites (tertiary alicyclic amines) is 1. The SMILES string of the molecule is COCCN1CCC(c2ccc3ncnc(Nc4cc(C(=O)Nc5cc(C(C)(C)C)cc(NS(C)(=O)=O)c5OC)ccc4C)c3n2)CC1. The summed E-state index contributed by atoms with van der Waals surface area (Å²) in [6, 6.07) is 12.9. The lowest BCUT2D eigenvalue weighted by atomic mass is 9.86. The number of amides is 1. The van der Waals surface area contributed by atoms with Crippen LogP contribution in [0.15, 0.2) is 48.8 Å². The third kappa shape index (κ3) is 8.38. The van der Waals surface area contributed by atoms with E-state index in [1.807, 2.05) is 39.8 Å². The van der Waals surface area contributed by atoms with Crippen molar-refractivity contribution in [3.63, 3.8) is 0 Å². The average molecular weight is 676 g/mol. The van der Waals surface area contributed by atoms with E-state index >= 15 is 0 Å². The number of carbonyl (C=O) groups is 1. The van der Waals surface area contributed by atoms with Crippen LogP contribution in [0.3, 0.4) is 0 Å². The van der Waals surface area contributed by atoms with E-state index in [0.717, 1.165) is 67.7 Å². The van der Waals surface area contributed by atoms with Gasteiger partial charge in [0.2, 0.25) is 10.0 Å². The van der Waals surface area contributed by atoms with E-state index in [9.17, 15) is 13.2 Å². The molecular formula is C35H45N7O5S. The summed E-state index contributed by atoms with van der Waals surface area (Å²) in [6.45, 7) is 11.6. The Balaban J connectivity index is 1.41. The standard InChI is InChI=1S/C35H45N7O5S/c1-22-8-9-24(34(43)40-29-19-25(35(2,3)4)20-30(32(29)47-6)41-48(7,44)45)18-28(22)39-33-31-27(36-21-37-33)11-10-26(38-31)23-12-14-42(15-13-23)16-17-46-5/h8-11,18-21,23,41H,12-17H2,1-7H3,(H,40,43)(H,36,37,39). The molecule has 0 aliphatic carbocycles. The van der Waals surface area contributed by atoms with E-state index in [-0.39, 0.29) is 16.9 Å². The van der Waals surface area contributed by atoms with Gasteiger partial charge in [-0.25, -0.2) is 23.4 Å². The number of pyridine rings is 1. The van der Waals surface area contributed by atoms with Crippen LogP contribution in [0.4, 0.5) is 22.9 Å². The van der Waals surface area contributed by atoms with Gasteiger partial charge in [0.1, 0.15) is 11.8 Å². The fourth-order valence-electron chi connectivity index (χ4n) is 5.82. The zero-order valence-corrected chi connectivity index (χ0v) is 29.5. The van der Waals surface area contributed by atoms with Gasteiger partial charge in [-0.3, -0.25) is 9.52 Å². The Hall–Kier alpha value is -4.33. The molecule has 1 saturated heterocycles. The number of piperidine rings is 1. The highest BCUT2D eigenvalue weighted by atomic mass is 32.2. The van der Waals surface area contributed by atoms with Crippen LogP contribution in [0, 0.1) is 6.92 Å². The number of rotatable bonds is 11. The molecule has 1 amide bonds. The molecule has 0 atom stereocenters. The summed E-state index contributed by atoms with van der Waals surface area (Å²) < 4.78 is 37.6. The van der Waals surface area contributed by atoms with E-state index in [1.54, 1.807) is 31.4 Å². The Morgan fingerprint density at radius 2 is 1.73 bits per heavy atom. The normalized spacial score (nSPS) is 14.6. The Kier molecular flexibility index (Phi) is 10.5. The number of sulfonamides is 1. The van der Waals surface area contributed by atoms with E-state index in [1.165, 1.54) is 13.4 Å². The van der Waals surface area contributed by atoms with E-state index in [0.29, 0.717) is 34.2 Å². The van der Waals surface area contributed by atoms with Crippen molar-refractivity contribution in [3.05, 3.63) is 71.2 Å². The summed E-state index contributed by atoms with van der Waals surface area (Å²) in [6.07, 6.45) is 4.61. The first kappa shape index (κ1) is 35.0. The van der Waals surface area contributed by atoms with Crippen molar-refractivity contribution < 1.29 is 22.7 Å². The molecule has 0 unspecified atom stereocenters. The van der Waals surface area contributed by atoms with Crippen molar-refractivity contribution in [2.24, 2.45) is 0 Å². The molecule has 3 N–H and O–H groups in total. The largest absolute Gasteiger partial charge is 0.492 e. The average Bonchev–Trinajstić information content (AvgIpc) is 3.03. The number of methoxy groups -OCH3 is 2. The first-order chi connectivity index (χ1) is 22.8. The Morgan fingerprint density at radius 1 is 1.00 bits per heavy atom. The van der Waals surface area contributed by atoms with E-state index in [4.69, 9.17) is 14.5 Å². The maximum absolute atomic E-state index is 13.7. The first-order valence-electron chi connectivity index (χ1n) is 16.0. The summed E-state index contributed by atoms with van der Waals surface area (Å²) in [4.78, 5) is 30.1. The van der Waals surface area contributed by atoms with Crippen LogP contribution in [0.25, 0.3) is 11.0 Å². The van der Waals surface area contributed by atoms with Crippen LogP contribution in [0.5, 0.6) is 5.75 Å². The predicted molar refractivity (Wildman–Crippen MR) is 190 cm³/mol. The molecule has 13 heteroatoms. The molecule has 1 aliphatic heterocycles. The van der Waals surface area contributed by atoms with Gasteiger partial charge in [-0.1, -0.05) is 26.8 Å². The quantitative estimate of drug-likeness (QED) is 0.177. The van der Waals surface area contributed by atoms with Crippen LogP contribution in [-0.2, 0) is 20.2 Å². The number of hydrogen-bond donors (Lipinski definition) is 3. The molecule has 12 nitrogen and oxygen atoms in total. The highest BCUT2D eigenvalue weighted by molar-refractivity contribution is 7.92. The number of hydrogen-bond acceptors (Lipinski definition) is 10. The summed E-state index contributed by atoms with van der Waals surface area (Å²) in [5.41, 5.74) is 5.47. The van der Waals surface area contributed by atoms with Crippen LogP contribution in [0.1, 0.15) is 66.7 Å². The van der Waals surface area contributed by atoms with Gasteiger partial charge in [0, 0.05) is 36.5 Å². The smallest absolute Gasteiger partial charge is 0.255 e. The highest BCUT2D eigenvalue weighted by Crippen LogP contribution is 2.39. The van der Waals surface area contributed by atoms with Crippen LogP contribution in [-0.4, -0.2) is 80.9 Å². The number of aryl methyl sites for hydroxylation is 1. The van der Waals surface area contributed by atoms with Gasteiger partial charge in [0.15, 0.2) is 11.6 Å². The molecule has 1 fully saturated rings. The van der Waals surface area contributed by atoms with Gasteiger partial charge in [-0.15, -0.1) is 0 Å². The van der Waals surface area contributed by atoms with Gasteiger partial charge in [0.25, 0.3) is 5.91 Å². The number of benzene rings is 2. The zero-order chi connectivity index (χ0) is 34.6. The topological polar surface area (TPSA) is 148 Å². The fraction of sp³-hybridized carbons (Fsp3) is 0.429. The molecule has 4 aromatic rings. The zero-order valence-electron chi connectivity index (χ0n) is 28.7. The maximum atomic E-state index is 13.7. The molecule has 256 valence electrons. The molecule has 0 bridgehead atoms. The Bertz CT molecular complexity index is 1900. The number of anilines is 4. The Morgan fingerprint density at radius 3 is 2.40 bits per heavy atom. The third-order valence-electron chi connectivity index (χ3n) is 8.58. The predicted octanol–water partition coefficient (Wildman–Crippen LogP) is 5.83. The molecule has 3 heterocycles. The van der Waals surface area contributed by atoms with Crippen LogP contribution >= 0.6 is 0 Å². The van der Waals surface area contributed by atoms with Gasteiger partial charge < -0.3 is 25.0 Å². The van der Waals surface area contributed by atoms with Crippen molar-refractivity contribution in [1.29, 1.82) is 0 Å². The minimum Gasteiger partial charge on any atom is -0.492 e. The van der Waals surface area contributed by atoms with Gasteiger partial charge in [0.05, 0.1) is 36.9 Å². The molecule has 0 spiro atoms. The monoisotopic (exact) mass is 675 g/mol. The van der Waals surface area contributed by atoms with Crippen molar-refractivity contribution >= 4 is 49.8 Å². The summed E-state index contributed by atoms with van der Waals surface area (Å²) in [5, 5.41) is 6.34. The first-order valence-corrected chi connectivity index (χ1v) is 17.9. The lowest BCUT2D eigenvalue weighted by Gasteiger charge is -2.31. The second kappa shape index (κ2) is 14.4. The molecule has 48 heavy (non-hydrogen) atoms. The van der Waals surface area contributed by atoms with Crippen molar-refractivity contribution in [2.75, 3.05) is 62.1 Å². The number of carbonyl (C=O) groups excluding carboxylic acids is 1. The number of aromatic nitrogens is 3. The van der Waals surface area contributed by atoms with Crippen LogP contribution in [0.2, 0.25) is 0 Å². The molecule has 5 rings (SSSR count). The number of ether oxygens (including phenoxy) is 2. The fourth-order valence-corrected chi connectivity index (χ4v) is 6.37. The van der Waals surface area contributed by atoms with Crippen LogP contribution < -0.4 is 20.1 Å². The summed E-state index contributed by atoms with van der Waals surface area (Å²) >= 11 is 0. The Labute approximate surface area is 282 Å². The van der Waals surface area contributed by atoms with Gasteiger partial charge in [-0.05, 0) is 85.8 Å². The molecule has 2 aromatic heterocycles. The minimum atomic E-state index is -3.61. The summed E-state index contributed by atoms with van der Waals surface area (Å²) in [5.74, 6) is 0.716. The second-order valence-corrected chi connectivity index (χ2v) is 15.0.